The molecular formula is C23H25F4N3OS. The summed E-state index contributed by atoms with van der Waals surface area (Å²) >= 11 is 1.59. The van der Waals surface area contributed by atoms with Crippen LogP contribution in [0.3, 0.4) is 0 Å². The molecule has 2 rings (SSSR count). The first-order valence-electron chi connectivity index (χ1n) is 9.85. The van der Waals surface area contributed by atoms with Gasteiger partial charge in [0.05, 0.1) is 12.1 Å². The second-order valence-corrected chi connectivity index (χ2v) is 8.72. The molecule has 2 aromatic rings. The van der Waals surface area contributed by atoms with E-state index in [1.54, 1.807) is 30.0 Å². The van der Waals surface area contributed by atoms with E-state index < -0.39 is 36.3 Å². The summed E-state index contributed by atoms with van der Waals surface area (Å²) in [6.45, 7) is 1.97. The first-order valence-corrected chi connectivity index (χ1v) is 11.1. The van der Waals surface area contributed by atoms with Gasteiger partial charge < -0.3 is 5.32 Å². The Kier molecular flexibility index (Phi) is 8.70. The van der Waals surface area contributed by atoms with Crippen molar-refractivity contribution < 1.29 is 22.4 Å². The summed E-state index contributed by atoms with van der Waals surface area (Å²) in [5.41, 5.74) is -0.393. The molecule has 0 heterocycles. The van der Waals surface area contributed by atoms with E-state index in [2.05, 4.69) is 10.6 Å². The lowest BCUT2D eigenvalue weighted by molar-refractivity contribution is -0.161. The molecule has 0 aromatic heterocycles. The fourth-order valence-electron chi connectivity index (χ4n) is 3.19. The van der Waals surface area contributed by atoms with Crippen molar-refractivity contribution in [1.29, 1.82) is 5.26 Å². The monoisotopic (exact) mass is 467 g/mol. The Morgan fingerprint density at radius 1 is 1.03 bits per heavy atom. The summed E-state index contributed by atoms with van der Waals surface area (Å²) in [4.78, 5) is 13.4. The minimum Gasteiger partial charge on any atom is -0.342 e. The van der Waals surface area contributed by atoms with Gasteiger partial charge in [-0.05, 0) is 48.9 Å². The van der Waals surface area contributed by atoms with Gasteiger partial charge in [0.1, 0.15) is 18.3 Å². The van der Waals surface area contributed by atoms with Crippen LogP contribution in [0.15, 0.2) is 53.4 Å². The van der Waals surface area contributed by atoms with Gasteiger partial charge in [0.2, 0.25) is 5.91 Å². The lowest BCUT2D eigenvalue weighted by Crippen LogP contribution is -2.51. The Hall–Kier alpha value is -2.57. The third-order valence-electron chi connectivity index (χ3n) is 4.71. The number of amides is 1. The van der Waals surface area contributed by atoms with Gasteiger partial charge in [0.25, 0.3) is 0 Å². The molecule has 0 spiro atoms. The minimum atomic E-state index is -4.73. The lowest BCUT2D eigenvalue weighted by Gasteiger charge is -2.29. The fraction of sp³-hybridized carbons (Fsp3) is 0.391. The predicted molar refractivity (Wildman–Crippen MR) is 118 cm³/mol. The van der Waals surface area contributed by atoms with Gasteiger partial charge in [-0.25, -0.2) is 4.39 Å². The third-order valence-corrected chi connectivity index (χ3v) is 5.45. The zero-order valence-corrected chi connectivity index (χ0v) is 18.8. The number of thioether (sulfide) groups is 1. The second kappa shape index (κ2) is 10.8. The number of nitrogens with zero attached hydrogens (tertiary/aromatic N) is 1. The largest absolute Gasteiger partial charge is 0.407 e. The summed E-state index contributed by atoms with van der Waals surface area (Å²) in [6, 6.07) is 11.5. The normalized spacial score (nSPS) is 13.8. The number of halogens is 4. The molecule has 2 atom stereocenters. The number of carbonyl (C=O) groups excluding carboxylic acids is 1. The van der Waals surface area contributed by atoms with Crippen LogP contribution in [0.25, 0.3) is 11.1 Å². The Bertz CT molecular complexity index is 932. The Balaban J connectivity index is 2.31. The van der Waals surface area contributed by atoms with E-state index in [0.717, 1.165) is 16.0 Å². The van der Waals surface area contributed by atoms with Crippen LogP contribution in [0.5, 0.6) is 0 Å². The quantitative estimate of drug-likeness (QED) is 0.294. The van der Waals surface area contributed by atoms with Crippen molar-refractivity contribution in [2.24, 2.45) is 0 Å². The zero-order chi connectivity index (χ0) is 23.9. The molecule has 32 heavy (non-hydrogen) atoms. The SMILES string of the molecule is CSc1ccc(-c2ccc([C@H](N[C@@H](CC(C)(C)F)C(=O)NCC#N)C(F)(F)F)cc2)cc1. The summed E-state index contributed by atoms with van der Waals surface area (Å²) in [5.74, 6) is -0.864. The molecule has 0 saturated heterocycles. The molecule has 0 aliphatic heterocycles. The van der Waals surface area contributed by atoms with Gasteiger partial charge in [0.15, 0.2) is 0 Å². The van der Waals surface area contributed by atoms with Crippen molar-refractivity contribution in [2.45, 2.75) is 49.1 Å². The number of carbonyl (C=O) groups is 1. The third kappa shape index (κ3) is 7.53. The number of nitriles is 1. The Morgan fingerprint density at radius 3 is 2.00 bits per heavy atom. The number of benzene rings is 2. The first-order chi connectivity index (χ1) is 14.9. The number of nitrogens with one attached hydrogen (secondary N) is 2. The van der Waals surface area contributed by atoms with Gasteiger partial charge >= 0.3 is 6.18 Å². The van der Waals surface area contributed by atoms with E-state index in [9.17, 15) is 22.4 Å². The molecule has 1 amide bonds. The summed E-state index contributed by atoms with van der Waals surface area (Å²) in [7, 11) is 0. The molecular weight excluding hydrogens is 442 g/mol. The average Bonchev–Trinajstić information content (AvgIpc) is 2.73. The highest BCUT2D eigenvalue weighted by atomic mass is 32.2. The average molecular weight is 468 g/mol. The summed E-state index contributed by atoms with van der Waals surface area (Å²) in [5, 5.41) is 13.1. The van der Waals surface area contributed by atoms with Gasteiger partial charge in [-0.2, -0.15) is 18.4 Å². The second-order valence-electron chi connectivity index (χ2n) is 7.84. The van der Waals surface area contributed by atoms with Crippen molar-refractivity contribution in [1.82, 2.24) is 10.6 Å². The maximum atomic E-state index is 14.2. The number of hydrogen-bond donors (Lipinski definition) is 2. The number of rotatable bonds is 9. The van der Waals surface area contributed by atoms with Crippen LogP contribution in [0, 0.1) is 11.3 Å². The van der Waals surface area contributed by atoms with E-state index >= 15 is 0 Å². The molecule has 0 aliphatic carbocycles. The predicted octanol–water partition coefficient (Wildman–Crippen LogP) is 5.42. The van der Waals surface area contributed by atoms with Crippen LogP contribution in [-0.2, 0) is 4.79 Å². The molecule has 0 bridgehead atoms. The van der Waals surface area contributed by atoms with E-state index in [1.165, 1.54) is 26.0 Å². The van der Waals surface area contributed by atoms with Crippen LogP contribution in [0.4, 0.5) is 17.6 Å². The fourth-order valence-corrected chi connectivity index (χ4v) is 3.60. The molecule has 0 unspecified atom stereocenters. The highest BCUT2D eigenvalue weighted by molar-refractivity contribution is 7.98. The van der Waals surface area contributed by atoms with Crippen molar-refractivity contribution >= 4 is 17.7 Å². The maximum absolute atomic E-state index is 14.2. The minimum absolute atomic E-state index is 0.100. The highest BCUT2D eigenvalue weighted by Crippen LogP contribution is 2.35. The van der Waals surface area contributed by atoms with Gasteiger partial charge in [-0.3, -0.25) is 10.1 Å². The topological polar surface area (TPSA) is 64.9 Å². The molecule has 0 radical (unpaired) electrons. The van der Waals surface area contributed by atoms with E-state index in [1.807, 2.05) is 30.5 Å². The molecule has 9 heteroatoms. The number of alkyl halides is 4. The standard InChI is InChI=1S/C23H25F4N3OS/c1-22(2,24)14-19(21(31)29-13-12-28)30-20(23(25,26)27)17-6-4-15(5-7-17)16-8-10-18(32-3)11-9-16/h4-11,19-20,30H,13-14H2,1-3H3,(H,29,31)/t19-,20-/m0/s1. The van der Waals surface area contributed by atoms with Crippen molar-refractivity contribution in [2.75, 3.05) is 12.8 Å². The molecule has 0 saturated carbocycles. The van der Waals surface area contributed by atoms with Crippen LogP contribution in [-0.4, -0.2) is 36.6 Å². The van der Waals surface area contributed by atoms with E-state index in [-0.39, 0.29) is 12.1 Å². The Morgan fingerprint density at radius 2 is 1.56 bits per heavy atom. The first kappa shape index (κ1) is 25.7. The molecule has 2 aromatic carbocycles. The highest BCUT2D eigenvalue weighted by Gasteiger charge is 2.43. The van der Waals surface area contributed by atoms with Crippen LogP contribution >= 0.6 is 11.8 Å². The summed E-state index contributed by atoms with van der Waals surface area (Å²) < 4.78 is 55.8. The van der Waals surface area contributed by atoms with E-state index in [0.29, 0.717) is 0 Å². The molecule has 0 aliphatic rings. The number of hydrogen-bond acceptors (Lipinski definition) is 4. The van der Waals surface area contributed by atoms with Gasteiger partial charge in [0, 0.05) is 11.3 Å². The van der Waals surface area contributed by atoms with Crippen LogP contribution in [0.1, 0.15) is 31.9 Å². The smallest absolute Gasteiger partial charge is 0.342 e. The zero-order valence-electron chi connectivity index (χ0n) is 18.0. The Labute approximate surface area is 189 Å². The van der Waals surface area contributed by atoms with Crippen LogP contribution in [0.2, 0.25) is 0 Å². The van der Waals surface area contributed by atoms with Crippen molar-refractivity contribution in [3.8, 4) is 17.2 Å². The van der Waals surface area contributed by atoms with Crippen molar-refractivity contribution in [3.05, 3.63) is 54.1 Å². The summed E-state index contributed by atoms with van der Waals surface area (Å²) in [6.07, 6.45) is -3.27. The van der Waals surface area contributed by atoms with Gasteiger partial charge in [-0.15, -0.1) is 11.8 Å². The lowest BCUT2D eigenvalue weighted by atomic mass is 9.96. The molecule has 0 fully saturated rings. The van der Waals surface area contributed by atoms with E-state index in [4.69, 9.17) is 5.26 Å². The van der Waals surface area contributed by atoms with Crippen molar-refractivity contribution in [3.63, 3.8) is 0 Å². The molecule has 2 N–H and O–H groups in total. The van der Waals surface area contributed by atoms with Gasteiger partial charge in [-0.1, -0.05) is 36.4 Å². The molecule has 4 nitrogen and oxygen atoms in total. The van der Waals surface area contributed by atoms with Crippen LogP contribution < -0.4 is 10.6 Å². The molecule has 172 valence electrons. The maximum Gasteiger partial charge on any atom is 0.407 e.